The van der Waals surface area contributed by atoms with Gasteiger partial charge in [-0.1, -0.05) is 15.9 Å². The van der Waals surface area contributed by atoms with Gasteiger partial charge in [-0.05, 0) is 48.5 Å². The normalized spacial score (nSPS) is 12.9. The van der Waals surface area contributed by atoms with E-state index in [-0.39, 0.29) is 6.61 Å². The van der Waals surface area contributed by atoms with Crippen LogP contribution in [0.5, 0.6) is 11.5 Å². The molecule has 2 aromatic rings. The van der Waals surface area contributed by atoms with Gasteiger partial charge < -0.3 is 19.5 Å². The van der Waals surface area contributed by atoms with Gasteiger partial charge in [0.1, 0.15) is 43.9 Å². The molecule has 0 spiro atoms. The molecule has 2 N–H and O–H groups in total. The van der Waals surface area contributed by atoms with Gasteiger partial charge in [0.25, 0.3) is 0 Å². The number of aliphatic hydroxyl groups is 1. The molecule has 0 fully saturated rings. The molecule has 132 valence electrons. The molecule has 0 radical (unpaired) electrons. The lowest BCUT2D eigenvalue weighted by Crippen LogP contribution is -3.10. The van der Waals surface area contributed by atoms with Crippen LogP contribution in [-0.4, -0.2) is 44.6 Å². The molecule has 0 amide bonds. The van der Waals surface area contributed by atoms with Crippen LogP contribution in [0.1, 0.15) is 5.56 Å². The Kier molecular flexibility index (Phi) is 7.74. The Morgan fingerprint density at radius 2 is 1.68 bits per heavy atom. The van der Waals surface area contributed by atoms with Crippen LogP contribution in [0.3, 0.4) is 0 Å². The third-order valence-electron chi connectivity index (χ3n) is 3.62. The van der Waals surface area contributed by atoms with Gasteiger partial charge >= 0.3 is 0 Å². The van der Waals surface area contributed by atoms with Crippen molar-refractivity contribution in [2.45, 2.75) is 6.10 Å². The highest BCUT2D eigenvalue weighted by Crippen LogP contribution is 2.15. The smallest absolute Gasteiger partial charge is 0.137 e. The molecule has 6 heteroatoms. The number of quaternary nitrogens is 1. The lowest BCUT2D eigenvalue weighted by molar-refractivity contribution is -0.883. The Morgan fingerprint density at radius 3 is 2.32 bits per heavy atom. The molecule has 0 aliphatic rings. The van der Waals surface area contributed by atoms with E-state index in [9.17, 15) is 5.11 Å². The van der Waals surface area contributed by atoms with Crippen LogP contribution in [0.25, 0.3) is 0 Å². The predicted octanol–water partition coefficient (Wildman–Crippen LogP) is 1.65. The van der Waals surface area contributed by atoms with Crippen molar-refractivity contribution in [1.82, 2.24) is 0 Å². The van der Waals surface area contributed by atoms with Crippen LogP contribution in [0, 0.1) is 11.3 Å². The molecule has 0 saturated carbocycles. The highest BCUT2D eigenvalue weighted by Gasteiger charge is 2.12. The van der Waals surface area contributed by atoms with Crippen molar-refractivity contribution in [2.24, 2.45) is 0 Å². The van der Waals surface area contributed by atoms with E-state index >= 15 is 0 Å². The van der Waals surface area contributed by atoms with E-state index in [1.54, 1.807) is 24.3 Å². The fourth-order valence-corrected chi connectivity index (χ4v) is 2.52. The zero-order chi connectivity index (χ0) is 18.1. The topological polar surface area (TPSA) is 66.9 Å². The second-order valence-electron chi connectivity index (χ2n) is 5.81. The van der Waals surface area contributed by atoms with Crippen LogP contribution >= 0.6 is 15.9 Å². The van der Waals surface area contributed by atoms with Crippen molar-refractivity contribution in [2.75, 3.05) is 33.4 Å². The van der Waals surface area contributed by atoms with Crippen LogP contribution in [0.4, 0.5) is 0 Å². The third kappa shape index (κ3) is 7.14. The van der Waals surface area contributed by atoms with Crippen molar-refractivity contribution in [3.63, 3.8) is 0 Å². The number of ether oxygens (including phenoxy) is 2. The SMILES string of the molecule is C[NH+](CCOc1ccc(Br)cc1)C[C@H](O)COc1ccc(C#N)cc1. The van der Waals surface area contributed by atoms with E-state index in [0.717, 1.165) is 21.7 Å². The Hall–Kier alpha value is -2.07. The average molecular weight is 406 g/mol. The minimum absolute atomic E-state index is 0.219. The Morgan fingerprint density at radius 1 is 1.08 bits per heavy atom. The molecule has 0 aromatic heterocycles. The van der Waals surface area contributed by atoms with Gasteiger partial charge in [0.15, 0.2) is 0 Å². The van der Waals surface area contributed by atoms with E-state index in [2.05, 4.69) is 22.0 Å². The van der Waals surface area contributed by atoms with Gasteiger partial charge in [-0.25, -0.2) is 0 Å². The largest absolute Gasteiger partial charge is 0.491 e. The fourth-order valence-electron chi connectivity index (χ4n) is 2.26. The zero-order valence-corrected chi connectivity index (χ0v) is 15.7. The summed E-state index contributed by atoms with van der Waals surface area (Å²) in [4.78, 5) is 1.16. The number of nitrogens with zero attached hydrogens (tertiary/aromatic N) is 1. The maximum atomic E-state index is 10.1. The summed E-state index contributed by atoms with van der Waals surface area (Å²) in [6.07, 6.45) is -0.566. The number of halogens is 1. The summed E-state index contributed by atoms with van der Waals surface area (Å²) < 4.78 is 12.2. The summed E-state index contributed by atoms with van der Waals surface area (Å²) in [5, 5.41) is 18.8. The molecule has 1 unspecified atom stereocenters. The molecule has 0 bridgehead atoms. The highest BCUT2D eigenvalue weighted by molar-refractivity contribution is 9.10. The molecule has 2 rings (SSSR count). The minimum Gasteiger partial charge on any atom is -0.491 e. The molecule has 0 heterocycles. The van der Waals surface area contributed by atoms with Gasteiger partial charge in [0.2, 0.25) is 0 Å². The van der Waals surface area contributed by atoms with Crippen LogP contribution in [-0.2, 0) is 0 Å². The van der Waals surface area contributed by atoms with E-state index in [1.807, 2.05) is 31.3 Å². The van der Waals surface area contributed by atoms with Crippen LogP contribution in [0.2, 0.25) is 0 Å². The highest BCUT2D eigenvalue weighted by atomic mass is 79.9. The number of benzene rings is 2. The monoisotopic (exact) mass is 405 g/mol. The zero-order valence-electron chi connectivity index (χ0n) is 14.1. The minimum atomic E-state index is -0.566. The molecular formula is C19H22BrN2O3+. The second kappa shape index (κ2) is 10.0. The first-order valence-electron chi connectivity index (χ1n) is 8.07. The quantitative estimate of drug-likeness (QED) is 0.665. The summed E-state index contributed by atoms with van der Waals surface area (Å²) in [5.41, 5.74) is 0.586. The molecule has 0 aliphatic heterocycles. The van der Waals surface area contributed by atoms with Crippen molar-refractivity contribution < 1.29 is 19.5 Å². The number of likely N-dealkylation sites (N-methyl/N-ethyl adjacent to an activating group) is 1. The van der Waals surface area contributed by atoms with Gasteiger partial charge in [-0.15, -0.1) is 0 Å². The molecule has 2 aromatic carbocycles. The molecule has 0 saturated heterocycles. The number of aliphatic hydroxyl groups excluding tert-OH is 1. The summed E-state index contributed by atoms with van der Waals surface area (Å²) in [6, 6.07) is 16.6. The Bertz CT molecular complexity index is 683. The van der Waals surface area contributed by atoms with Crippen molar-refractivity contribution >= 4 is 15.9 Å². The number of rotatable bonds is 9. The van der Waals surface area contributed by atoms with E-state index in [0.29, 0.717) is 24.5 Å². The summed E-state index contributed by atoms with van der Waals surface area (Å²) in [6.45, 7) is 2.15. The van der Waals surface area contributed by atoms with Gasteiger partial charge in [-0.2, -0.15) is 5.26 Å². The molecule has 25 heavy (non-hydrogen) atoms. The number of hydrogen-bond acceptors (Lipinski definition) is 4. The van der Waals surface area contributed by atoms with Crippen molar-refractivity contribution in [3.8, 4) is 17.6 Å². The molecule has 2 atom stereocenters. The van der Waals surface area contributed by atoms with Crippen LogP contribution < -0.4 is 14.4 Å². The average Bonchev–Trinajstić information content (AvgIpc) is 2.62. The van der Waals surface area contributed by atoms with E-state index in [1.165, 1.54) is 0 Å². The second-order valence-corrected chi connectivity index (χ2v) is 6.73. The predicted molar refractivity (Wildman–Crippen MR) is 98.9 cm³/mol. The maximum Gasteiger partial charge on any atom is 0.137 e. The molecular weight excluding hydrogens is 384 g/mol. The summed E-state index contributed by atoms with van der Waals surface area (Å²) in [7, 11) is 2.01. The van der Waals surface area contributed by atoms with Crippen molar-refractivity contribution in [3.05, 3.63) is 58.6 Å². The van der Waals surface area contributed by atoms with Crippen molar-refractivity contribution in [1.29, 1.82) is 5.26 Å². The van der Waals surface area contributed by atoms with E-state index < -0.39 is 6.10 Å². The van der Waals surface area contributed by atoms with Gasteiger partial charge in [0, 0.05) is 4.47 Å². The van der Waals surface area contributed by atoms with E-state index in [4.69, 9.17) is 14.7 Å². The molecule has 5 nitrogen and oxygen atoms in total. The summed E-state index contributed by atoms with van der Waals surface area (Å²) in [5.74, 6) is 1.48. The Balaban J connectivity index is 1.64. The first-order chi connectivity index (χ1) is 12.1. The fraction of sp³-hybridized carbons (Fsp3) is 0.316. The lowest BCUT2D eigenvalue weighted by Gasteiger charge is -2.18. The number of hydrogen-bond donors (Lipinski definition) is 2. The maximum absolute atomic E-state index is 10.1. The number of nitrogens with one attached hydrogen (secondary N) is 1. The summed E-state index contributed by atoms with van der Waals surface area (Å²) >= 11 is 3.39. The standard InChI is InChI=1S/C19H21BrN2O3/c1-22(10-11-24-18-8-4-16(20)5-9-18)13-17(23)14-25-19-6-2-15(12-21)3-7-19/h2-9,17,23H,10-11,13-14H2,1H3/p+1/t17-/m0/s1. The first-order valence-corrected chi connectivity index (χ1v) is 8.87. The Labute approximate surface area is 156 Å². The number of nitriles is 1. The lowest BCUT2D eigenvalue weighted by atomic mass is 10.2. The van der Waals surface area contributed by atoms with Gasteiger partial charge in [0.05, 0.1) is 18.7 Å². The first kappa shape index (κ1) is 19.3. The third-order valence-corrected chi connectivity index (χ3v) is 4.15. The molecule has 0 aliphatic carbocycles. The van der Waals surface area contributed by atoms with Crippen LogP contribution in [0.15, 0.2) is 53.0 Å². The van der Waals surface area contributed by atoms with Gasteiger partial charge in [-0.3, -0.25) is 0 Å².